The Bertz CT molecular complexity index is 478. The lowest BCUT2D eigenvalue weighted by Gasteiger charge is -2.01. The molecule has 2 aromatic rings. The molecule has 4 N–H and O–H groups in total. The first-order valence-corrected chi connectivity index (χ1v) is 5.31. The first kappa shape index (κ1) is 10.6. The van der Waals surface area contributed by atoms with Crippen molar-refractivity contribution in [3.05, 3.63) is 24.0 Å². The van der Waals surface area contributed by atoms with Gasteiger partial charge in [0.2, 0.25) is 5.95 Å². The van der Waals surface area contributed by atoms with E-state index in [1.807, 2.05) is 6.92 Å². The monoisotopic (exact) mass is 234 g/mol. The van der Waals surface area contributed by atoms with E-state index in [4.69, 9.17) is 11.5 Å². The van der Waals surface area contributed by atoms with Gasteiger partial charge in [0.1, 0.15) is 10.8 Å². The number of rotatable bonds is 2. The fourth-order valence-corrected chi connectivity index (χ4v) is 1.76. The number of aryl methyl sites for hydroxylation is 1. The number of nitrogens with two attached hydrogens (primary N) is 2. The Morgan fingerprint density at radius 1 is 1.12 bits per heavy atom. The van der Waals surface area contributed by atoms with Crippen molar-refractivity contribution in [2.24, 2.45) is 0 Å². The smallest absolute Gasteiger partial charge is 0.223 e. The summed E-state index contributed by atoms with van der Waals surface area (Å²) in [5.74, 6) is 0.483. The van der Waals surface area contributed by atoms with Crippen LogP contribution in [0.1, 0.15) is 5.56 Å². The molecule has 6 nitrogen and oxygen atoms in total. The van der Waals surface area contributed by atoms with Gasteiger partial charge in [-0.1, -0.05) is 0 Å². The molecule has 0 amide bonds. The maximum absolute atomic E-state index is 5.55. The van der Waals surface area contributed by atoms with Crippen molar-refractivity contribution in [2.75, 3.05) is 11.5 Å². The van der Waals surface area contributed by atoms with Crippen LogP contribution in [-0.2, 0) is 0 Å². The molecule has 82 valence electrons. The van der Waals surface area contributed by atoms with Crippen LogP contribution in [0.4, 0.5) is 11.8 Å². The fourth-order valence-electron chi connectivity index (χ4n) is 1.04. The van der Waals surface area contributed by atoms with Gasteiger partial charge in [0, 0.05) is 18.5 Å². The quantitative estimate of drug-likeness (QED) is 0.587. The molecule has 16 heavy (non-hydrogen) atoms. The summed E-state index contributed by atoms with van der Waals surface area (Å²) < 4.78 is 0. The lowest BCUT2D eigenvalue weighted by atomic mass is 10.4. The van der Waals surface area contributed by atoms with E-state index in [0.717, 1.165) is 5.56 Å². The van der Waals surface area contributed by atoms with Crippen LogP contribution in [0.15, 0.2) is 28.6 Å². The largest absolute Gasteiger partial charge is 0.383 e. The predicted octanol–water partition coefficient (Wildman–Crippen LogP) is 0.891. The van der Waals surface area contributed by atoms with Gasteiger partial charge in [0.05, 0.1) is 0 Å². The highest BCUT2D eigenvalue weighted by molar-refractivity contribution is 7.99. The molecule has 0 bridgehead atoms. The molecule has 0 fully saturated rings. The van der Waals surface area contributed by atoms with Gasteiger partial charge in [-0.25, -0.2) is 15.0 Å². The maximum Gasteiger partial charge on any atom is 0.223 e. The van der Waals surface area contributed by atoms with Gasteiger partial charge < -0.3 is 11.5 Å². The first-order chi connectivity index (χ1) is 7.63. The van der Waals surface area contributed by atoms with E-state index < -0.39 is 0 Å². The second kappa shape index (κ2) is 4.31. The molecule has 2 heterocycles. The molecule has 0 aliphatic carbocycles. The summed E-state index contributed by atoms with van der Waals surface area (Å²) in [6.07, 6.45) is 3.48. The highest BCUT2D eigenvalue weighted by Gasteiger charge is 2.04. The van der Waals surface area contributed by atoms with Crippen molar-refractivity contribution in [3.8, 4) is 0 Å². The number of anilines is 2. The van der Waals surface area contributed by atoms with Gasteiger partial charge in [-0.2, -0.15) is 4.98 Å². The van der Waals surface area contributed by atoms with Crippen LogP contribution in [0.2, 0.25) is 0 Å². The summed E-state index contributed by atoms with van der Waals surface area (Å²) in [4.78, 5) is 16.1. The second-order valence-corrected chi connectivity index (χ2v) is 4.12. The summed E-state index contributed by atoms with van der Waals surface area (Å²) in [5, 5.41) is 1.23. The second-order valence-electron chi connectivity index (χ2n) is 3.13. The molecule has 0 radical (unpaired) electrons. The van der Waals surface area contributed by atoms with Gasteiger partial charge in [0.25, 0.3) is 0 Å². The standard InChI is InChI=1S/C9H10N6S/c1-5-3-12-9(13-4-5)16-7-2-6(10)14-8(11)15-7/h2-4H,1H3,(H4,10,11,14,15). The minimum absolute atomic E-state index is 0.148. The zero-order valence-corrected chi connectivity index (χ0v) is 9.40. The van der Waals surface area contributed by atoms with Gasteiger partial charge in [-0.15, -0.1) is 0 Å². The normalized spacial score (nSPS) is 10.3. The summed E-state index contributed by atoms with van der Waals surface area (Å²) in [5.41, 5.74) is 12.0. The average molecular weight is 234 g/mol. The van der Waals surface area contributed by atoms with Crippen molar-refractivity contribution in [1.29, 1.82) is 0 Å². The Hall–Kier alpha value is -1.89. The molecular formula is C9H10N6S. The number of hydrogen-bond acceptors (Lipinski definition) is 7. The van der Waals surface area contributed by atoms with E-state index in [9.17, 15) is 0 Å². The average Bonchev–Trinajstić information content (AvgIpc) is 2.20. The van der Waals surface area contributed by atoms with Gasteiger partial charge >= 0.3 is 0 Å². The molecule has 0 saturated heterocycles. The SMILES string of the molecule is Cc1cnc(Sc2cc(N)nc(N)n2)nc1. The Balaban J connectivity index is 2.23. The molecule has 0 spiro atoms. The van der Waals surface area contributed by atoms with Crippen molar-refractivity contribution in [3.63, 3.8) is 0 Å². The van der Waals surface area contributed by atoms with Crippen LogP contribution >= 0.6 is 11.8 Å². The first-order valence-electron chi connectivity index (χ1n) is 4.50. The van der Waals surface area contributed by atoms with E-state index in [2.05, 4.69) is 19.9 Å². The Kier molecular flexibility index (Phi) is 2.86. The van der Waals surface area contributed by atoms with E-state index >= 15 is 0 Å². The summed E-state index contributed by atoms with van der Waals surface area (Å²) in [6, 6.07) is 1.63. The zero-order valence-electron chi connectivity index (χ0n) is 8.58. The van der Waals surface area contributed by atoms with Gasteiger partial charge in [-0.05, 0) is 24.2 Å². The molecule has 0 aliphatic rings. The lowest BCUT2D eigenvalue weighted by molar-refractivity contribution is 0.943. The Morgan fingerprint density at radius 2 is 1.81 bits per heavy atom. The van der Waals surface area contributed by atoms with Crippen LogP contribution in [0.5, 0.6) is 0 Å². The third-order valence-corrected chi connectivity index (χ3v) is 2.50. The van der Waals surface area contributed by atoms with Gasteiger partial charge in [-0.3, -0.25) is 0 Å². The minimum atomic E-state index is 0.148. The molecule has 0 unspecified atom stereocenters. The van der Waals surface area contributed by atoms with Gasteiger partial charge in [0.15, 0.2) is 5.16 Å². The third kappa shape index (κ3) is 2.57. The van der Waals surface area contributed by atoms with Crippen LogP contribution < -0.4 is 11.5 Å². The Morgan fingerprint density at radius 3 is 2.44 bits per heavy atom. The van der Waals surface area contributed by atoms with Crippen LogP contribution in [0.3, 0.4) is 0 Å². The summed E-state index contributed by atoms with van der Waals surface area (Å²) in [7, 11) is 0. The van der Waals surface area contributed by atoms with Crippen molar-refractivity contribution in [2.45, 2.75) is 17.1 Å². The van der Waals surface area contributed by atoms with Crippen molar-refractivity contribution >= 4 is 23.5 Å². The third-order valence-electron chi connectivity index (χ3n) is 1.69. The molecule has 2 aromatic heterocycles. The fraction of sp³-hybridized carbons (Fsp3) is 0.111. The van der Waals surface area contributed by atoms with Crippen LogP contribution in [-0.4, -0.2) is 19.9 Å². The van der Waals surface area contributed by atoms with Crippen LogP contribution in [0.25, 0.3) is 0 Å². The van der Waals surface area contributed by atoms with E-state index in [1.165, 1.54) is 11.8 Å². The van der Waals surface area contributed by atoms with Crippen LogP contribution in [0, 0.1) is 6.92 Å². The minimum Gasteiger partial charge on any atom is -0.383 e. The van der Waals surface area contributed by atoms with Crippen molar-refractivity contribution < 1.29 is 0 Å². The maximum atomic E-state index is 5.55. The summed E-state index contributed by atoms with van der Waals surface area (Å²) >= 11 is 1.29. The molecule has 0 atom stereocenters. The topological polar surface area (TPSA) is 104 Å². The molecule has 7 heteroatoms. The predicted molar refractivity (Wildman–Crippen MR) is 61.7 cm³/mol. The lowest BCUT2D eigenvalue weighted by Crippen LogP contribution is -2.00. The summed E-state index contributed by atoms with van der Waals surface area (Å²) in [6.45, 7) is 1.93. The number of nitrogen functional groups attached to an aromatic ring is 2. The highest BCUT2D eigenvalue weighted by atomic mass is 32.2. The highest BCUT2D eigenvalue weighted by Crippen LogP contribution is 2.23. The molecule has 0 saturated carbocycles. The van der Waals surface area contributed by atoms with E-state index in [1.54, 1.807) is 18.5 Å². The molecule has 2 rings (SSSR count). The number of nitrogens with zero attached hydrogens (tertiary/aromatic N) is 4. The number of hydrogen-bond donors (Lipinski definition) is 2. The molecular weight excluding hydrogens is 224 g/mol. The van der Waals surface area contributed by atoms with E-state index in [0.29, 0.717) is 16.0 Å². The molecule has 0 aromatic carbocycles. The zero-order chi connectivity index (χ0) is 11.5. The molecule has 0 aliphatic heterocycles. The Labute approximate surface area is 96.5 Å². The van der Waals surface area contributed by atoms with E-state index in [-0.39, 0.29) is 5.95 Å². The number of aromatic nitrogens is 4. The van der Waals surface area contributed by atoms with Crippen molar-refractivity contribution in [1.82, 2.24) is 19.9 Å².